The molecule has 1 N–H and O–H groups in total. The molecular weight excluding hydrogens is 370 g/mol. The molecule has 3 aromatic heterocycles. The van der Waals surface area contributed by atoms with Crippen LogP contribution >= 0.6 is 23.7 Å². The maximum absolute atomic E-state index is 5.99. The number of nitrogens with one attached hydrogen (secondary N) is 1. The molecule has 26 heavy (non-hydrogen) atoms. The summed E-state index contributed by atoms with van der Waals surface area (Å²) >= 11 is 1.53. The van der Waals surface area contributed by atoms with Crippen molar-refractivity contribution in [3.63, 3.8) is 0 Å². The van der Waals surface area contributed by atoms with Crippen molar-refractivity contribution in [1.29, 1.82) is 0 Å². The van der Waals surface area contributed by atoms with E-state index < -0.39 is 0 Å². The van der Waals surface area contributed by atoms with Gasteiger partial charge in [-0.25, -0.2) is 9.97 Å². The summed E-state index contributed by atoms with van der Waals surface area (Å²) < 4.78 is 5.99. The summed E-state index contributed by atoms with van der Waals surface area (Å²) in [5.41, 5.74) is 3.65. The van der Waals surface area contributed by atoms with Gasteiger partial charge < -0.3 is 10.1 Å². The second kappa shape index (κ2) is 8.07. The molecule has 0 atom stereocenters. The molecule has 0 amide bonds. The predicted molar refractivity (Wildman–Crippen MR) is 105 cm³/mol. The molecule has 0 aliphatic rings. The Morgan fingerprint density at radius 2 is 1.92 bits per heavy atom. The summed E-state index contributed by atoms with van der Waals surface area (Å²) in [7, 11) is 0. The van der Waals surface area contributed by atoms with Crippen LogP contribution in [0.4, 0.5) is 10.9 Å². The molecule has 0 spiro atoms. The predicted octanol–water partition coefficient (Wildman–Crippen LogP) is 4.53. The van der Waals surface area contributed by atoms with Crippen molar-refractivity contribution < 1.29 is 4.74 Å². The second-order valence-electron chi connectivity index (χ2n) is 5.40. The zero-order valence-electron chi connectivity index (χ0n) is 13.9. The number of benzene rings is 1. The summed E-state index contributed by atoms with van der Waals surface area (Å²) in [6, 6.07) is 9.61. The number of ether oxygens (including phenoxy) is 1. The van der Waals surface area contributed by atoms with Crippen LogP contribution in [0.3, 0.4) is 0 Å². The molecular formula is C18H16ClN5OS. The number of hydrogen-bond acceptors (Lipinski definition) is 7. The Labute approximate surface area is 160 Å². The fraction of sp³-hybridized carbons (Fsp3) is 0.111. The lowest BCUT2D eigenvalue weighted by molar-refractivity contribution is 0.308. The first-order valence-electron chi connectivity index (χ1n) is 7.75. The van der Waals surface area contributed by atoms with E-state index in [-0.39, 0.29) is 12.4 Å². The number of para-hydroxylation sites is 1. The lowest BCUT2D eigenvalue weighted by Gasteiger charge is -2.11. The van der Waals surface area contributed by atoms with Crippen molar-refractivity contribution in [2.75, 3.05) is 5.32 Å². The Balaban J connectivity index is 0.00000196. The van der Waals surface area contributed by atoms with Crippen LogP contribution in [0.15, 0.2) is 54.3 Å². The van der Waals surface area contributed by atoms with Gasteiger partial charge in [0.15, 0.2) is 16.7 Å². The standard InChI is InChI=1S/C18H15N5OS.ClH/c1-12-11-25-18(22-12)23-17-15(6-3-7-21-17)24-10-13-4-2-5-14-16(13)20-9-8-19-14;/h2-9,11H,10H2,1H3,(H,21,22,23);1H. The fourth-order valence-corrected chi connectivity index (χ4v) is 3.13. The third-order valence-electron chi connectivity index (χ3n) is 3.58. The van der Waals surface area contributed by atoms with E-state index in [4.69, 9.17) is 4.74 Å². The molecule has 1 aromatic carbocycles. The molecule has 0 unspecified atom stereocenters. The van der Waals surface area contributed by atoms with Crippen molar-refractivity contribution in [2.24, 2.45) is 0 Å². The SMILES string of the molecule is Cc1csc(Nc2ncccc2OCc2cccc3nccnc23)n1.Cl. The van der Waals surface area contributed by atoms with Crippen LogP contribution in [0, 0.1) is 6.92 Å². The minimum absolute atomic E-state index is 0. The molecule has 0 saturated heterocycles. The number of aryl methyl sites for hydroxylation is 1. The molecule has 4 rings (SSSR count). The summed E-state index contributed by atoms with van der Waals surface area (Å²) in [6.07, 6.45) is 5.10. The van der Waals surface area contributed by atoms with Gasteiger partial charge in [-0.2, -0.15) is 0 Å². The van der Waals surface area contributed by atoms with E-state index in [1.54, 1.807) is 18.6 Å². The van der Waals surface area contributed by atoms with Gasteiger partial charge in [0.1, 0.15) is 6.61 Å². The number of thiazole rings is 1. The van der Waals surface area contributed by atoms with Crippen molar-refractivity contribution in [3.05, 3.63) is 65.6 Å². The number of aromatic nitrogens is 4. The van der Waals surface area contributed by atoms with Gasteiger partial charge >= 0.3 is 0 Å². The van der Waals surface area contributed by atoms with E-state index in [1.165, 1.54) is 11.3 Å². The van der Waals surface area contributed by atoms with Gasteiger partial charge in [0.05, 0.1) is 16.7 Å². The van der Waals surface area contributed by atoms with Crippen LogP contribution in [0.1, 0.15) is 11.3 Å². The van der Waals surface area contributed by atoms with Gasteiger partial charge in [0.2, 0.25) is 0 Å². The van der Waals surface area contributed by atoms with Crippen molar-refractivity contribution in [2.45, 2.75) is 13.5 Å². The first kappa shape index (κ1) is 18.0. The van der Waals surface area contributed by atoms with E-state index >= 15 is 0 Å². The molecule has 8 heteroatoms. The normalized spacial score (nSPS) is 10.3. The second-order valence-corrected chi connectivity index (χ2v) is 6.26. The zero-order valence-corrected chi connectivity index (χ0v) is 15.5. The smallest absolute Gasteiger partial charge is 0.188 e. The summed E-state index contributed by atoms with van der Waals surface area (Å²) in [6.45, 7) is 2.34. The highest BCUT2D eigenvalue weighted by atomic mass is 35.5. The van der Waals surface area contributed by atoms with E-state index in [2.05, 4.69) is 25.3 Å². The highest BCUT2D eigenvalue weighted by Gasteiger charge is 2.09. The van der Waals surface area contributed by atoms with Crippen LogP contribution in [0.25, 0.3) is 11.0 Å². The van der Waals surface area contributed by atoms with Gasteiger partial charge in [-0.05, 0) is 25.1 Å². The van der Waals surface area contributed by atoms with E-state index in [0.717, 1.165) is 27.4 Å². The summed E-state index contributed by atoms with van der Waals surface area (Å²) in [5.74, 6) is 1.31. The number of fused-ring (bicyclic) bond motifs is 1. The largest absolute Gasteiger partial charge is 0.485 e. The molecule has 3 heterocycles. The third kappa shape index (κ3) is 3.89. The molecule has 0 saturated carbocycles. The van der Waals surface area contributed by atoms with Crippen LogP contribution in [0.2, 0.25) is 0 Å². The van der Waals surface area contributed by atoms with E-state index in [9.17, 15) is 0 Å². The molecule has 132 valence electrons. The number of anilines is 2. The number of rotatable bonds is 5. The lowest BCUT2D eigenvalue weighted by Crippen LogP contribution is -2.02. The molecule has 6 nitrogen and oxygen atoms in total. The Bertz CT molecular complexity index is 1020. The average molecular weight is 386 g/mol. The van der Waals surface area contributed by atoms with Gasteiger partial charge in [-0.1, -0.05) is 12.1 Å². The number of nitrogens with zero attached hydrogens (tertiary/aromatic N) is 4. The highest BCUT2D eigenvalue weighted by molar-refractivity contribution is 7.13. The third-order valence-corrected chi connectivity index (χ3v) is 4.46. The van der Waals surface area contributed by atoms with E-state index in [1.807, 2.05) is 42.6 Å². The quantitative estimate of drug-likeness (QED) is 0.544. The van der Waals surface area contributed by atoms with Gasteiger partial charge in [0, 0.05) is 29.5 Å². The number of hydrogen-bond donors (Lipinski definition) is 1. The van der Waals surface area contributed by atoms with Crippen LogP contribution in [0.5, 0.6) is 5.75 Å². The zero-order chi connectivity index (χ0) is 17.1. The first-order valence-corrected chi connectivity index (χ1v) is 8.63. The maximum Gasteiger partial charge on any atom is 0.188 e. The Hall–Kier alpha value is -2.77. The Morgan fingerprint density at radius 1 is 1.04 bits per heavy atom. The van der Waals surface area contributed by atoms with Crippen LogP contribution in [-0.2, 0) is 6.61 Å². The number of pyridine rings is 1. The number of halogens is 1. The first-order chi connectivity index (χ1) is 12.3. The van der Waals surface area contributed by atoms with Crippen LogP contribution < -0.4 is 10.1 Å². The van der Waals surface area contributed by atoms with Gasteiger partial charge in [-0.3, -0.25) is 9.97 Å². The summed E-state index contributed by atoms with van der Waals surface area (Å²) in [5, 5.41) is 5.99. The van der Waals surface area contributed by atoms with Gasteiger partial charge in [-0.15, -0.1) is 23.7 Å². The molecule has 0 fully saturated rings. The lowest BCUT2D eigenvalue weighted by atomic mass is 10.2. The van der Waals surface area contributed by atoms with Gasteiger partial charge in [0.25, 0.3) is 0 Å². The topological polar surface area (TPSA) is 72.8 Å². The minimum atomic E-state index is 0. The monoisotopic (exact) mass is 385 g/mol. The molecule has 0 radical (unpaired) electrons. The van der Waals surface area contributed by atoms with Crippen LogP contribution in [-0.4, -0.2) is 19.9 Å². The van der Waals surface area contributed by atoms with E-state index in [0.29, 0.717) is 18.2 Å². The summed E-state index contributed by atoms with van der Waals surface area (Å²) in [4.78, 5) is 17.5. The Morgan fingerprint density at radius 3 is 2.77 bits per heavy atom. The maximum atomic E-state index is 5.99. The molecule has 0 aliphatic carbocycles. The van der Waals surface area contributed by atoms with Crippen molar-refractivity contribution >= 4 is 45.7 Å². The fourth-order valence-electron chi connectivity index (χ4n) is 2.44. The molecule has 0 bridgehead atoms. The average Bonchev–Trinajstić information content (AvgIpc) is 3.06. The molecule has 0 aliphatic heterocycles. The van der Waals surface area contributed by atoms with Crippen molar-refractivity contribution in [3.8, 4) is 5.75 Å². The molecule has 4 aromatic rings. The minimum Gasteiger partial charge on any atom is -0.485 e. The Kier molecular flexibility index (Phi) is 5.60. The van der Waals surface area contributed by atoms with Crippen molar-refractivity contribution in [1.82, 2.24) is 19.9 Å². The highest BCUT2D eigenvalue weighted by Crippen LogP contribution is 2.28.